The summed E-state index contributed by atoms with van der Waals surface area (Å²) in [5, 5.41) is 0.721. The molecule has 0 bridgehead atoms. The number of rotatable bonds is 3. The van der Waals surface area contributed by atoms with Crippen LogP contribution in [0.2, 0.25) is 5.02 Å². The van der Waals surface area contributed by atoms with Crippen molar-refractivity contribution in [3.8, 4) is 0 Å². The predicted molar refractivity (Wildman–Crippen MR) is 79.3 cm³/mol. The van der Waals surface area contributed by atoms with Crippen molar-refractivity contribution in [2.24, 2.45) is 0 Å². The molecule has 0 N–H and O–H groups in total. The molecule has 0 amide bonds. The van der Waals surface area contributed by atoms with Crippen molar-refractivity contribution in [2.45, 2.75) is 19.8 Å². The number of halogens is 1. The maximum absolute atomic E-state index is 5.97. The minimum atomic E-state index is -0.0466. The molecule has 20 heavy (non-hydrogen) atoms. The Hall–Kier alpha value is -1.93. The van der Waals surface area contributed by atoms with Gasteiger partial charge in [0.15, 0.2) is 0 Å². The van der Waals surface area contributed by atoms with E-state index in [1.54, 1.807) is 0 Å². The van der Waals surface area contributed by atoms with E-state index in [0.717, 1.165) is 33.6 Å². The second-order valence-corrected chi connectivity index (χ2v) is 5.32. The Balaban J connectivity index is 2.10. The van der Waals surface area contributed by atoms with Gasteiger partial charge in [-0.05, 0) is 55.8 Å². The van der Waals surface area contributed by atoms with Gasteiger partial charge in [-0.1, -0.05) is 23.7 Å². The van der Waals surface area contributed by atoms with E-state index in [9.17, 15) is 0 Å². The van der Waals surface area contributed by atoms with Crippen LogP contribution in [0, 0.1) is 13.8 Å². The molecule has 0 atom stereocenters. The SMILES string of the molecule is Cc1ccc(C(c2ccc(Cl)cc2)c2ccc(C)o2)o1. The quantitative estimate of drug-likeness (QED) is 0.651. The maximum atomic E-state index is 5.97. The smallest absolute Gasteiger partial charge is 0.119 e. The van der Waals surface area contributed by atoms with Crippen molar-refractivity contribution >= 4 is 11.6 Å². The third-order valence-corrected chi connectivity index (χ3v) is 3.55. The number of furan rings is 2. The summed E-state index contributed by atoms with van der Waals surface area (Å²) < 4.78 is 11.6. The number of hydrogen-bond acceptors (Lipinski definition) is 2. The van der Waals surface area contributed by atoms with Crippen molar-refractivity contribution in [1.82, 2.24) is 0 Å². The van der Waals surface area contributed by atoms with Crippen LogP contribution < -0.4 is 0 Å². The minimum Gasteiger partial charge on any atom is -0.465 e. The molecule has 2 nitrogen and oxygen atoms in total. The third kappa shape index (κ3) is 2.52. The molecule has 1 aromatic carbocycles. The van der Waals surface area contributed by atoms with Gasteiger partial charge in [0.25, 0.3) is 0 Å². The zero-order valence-electron chi connectivity index (χ0n) is 11.4. The highest BCUT2D eigenvalue weighted by Crippen LogP contribution is 2.34. The first-order valence-electron chi connectivity index (χ1n) is 6.51. The summed E-state index contributed by atoms with van der Waals surface area (Å²) in [5.41, 5.74) is 1.10. The van der Waals surface area contributed by atoms with Gasteiger partial charge in [0.05, 0.1) is 0 Å². The van der Waals surface area contributed by atoms with Crippen LogP contribution in [0.25, 0.3) is 0 Å². The predicted octanol–water partition coefficient (Wildman–Crippen LogP) is 5.32. The first-order chi connectivity index (χ1) is 9.63. The van der Waals surface area contributed by atoms with Gasteiger partial charge < -0.3 is 8.83 Å². The van der Waals surface area contributed by atoms with Gasteiger partial charge in [-0.2, -0.15) is 0 Å². The van der Waals surface area contributed by atoms with E-state index in [1.165, 1.54) is 0 Å². The minimum absolute atomic E-state index is 0.0466. The van der Waals surface area contributed by atoms with E-state index in [0.29, 0.717) is 0 Å². The molecule has 0 spiro atoms. The van der Waals surface area contributed by atoms with Gasteiger partial charge in [-0.15, -0.1) is 0 Å². The fourth-order valence-corrected chi connectivity index (χ4v) is 2.47. The Kier molecular flexibility index (Phi) is 3.41. The summed E-state index contributed by atoms with van der Waals surface area (Å²) in [6.45, 7) is 3.88. The van der Waals surface area contributed by atoms with E-state index in [1.807, 2.05) is 62.4 Å². The average Bonchev–Trinajstić information content (AvgIpc) is 3.02. The van der Waals surface area contributed by atoms with Crippen LogP contribution in [-0.4, -0.2) is 0 Å². The zero-order chi connectivity index (χ0) is 14.1. The molecule has 0 unspecified atom stereocenters. The van der Waals surface area contributed by atoms with Gasteiger partial charge in [0.1, 0.15) is 29.0 Å². The van der Waals surface area contributed by atoms with Crippen LogP contribution in [0.1, 0.15) is 34.5 Å². The van der Waals surface area contributed by atoms with Gasteiger partial charge in [0, 0.05) is 5.02 Å². The summed E-state index contributed by atoms with van der Waals surface area (Å²) in [6.07, 6.45) is 0. The van der Waals surface area contributed by atoms with E-state index in [2.05, 4.69) is 0 Å². The van der Waals surface area contributed by atoms with Crippen molar-refractivity contribution in [3.05, 3.63) is 82.2 Å². The molecule has 0 aliphatic heterocycles. The zero-order valence-corrected chi connectivity index (χ0v) is 12.1. The molecule has 2 aromatic heterocycles. The molecule has 0 aliphatic carbocycles. The van der Waals surface area contributed by atoms with Crippen LogP contribution in [0.15, 0.2) is 57.4 Å². The van der Waals surface area contributed by atoms with Crippen LogP contribution in [-0.2, 0) is 0 Å². The van der Waals surface area contributed by atoms with E-state index in [-0.39, 0.29) is 5.92 Å². The molecular formula is C17H15ClO2. The molecule has 0 saturated carbocycles. The van der Waals surface area contributed by atoms with Crippen molar-refractivity contribution in [2.75, 3.05) is 0 Å². The van der Waals surface area contributed by atoms with Crippen LogP contribution in [0.5, 0.6) is 0 Å². The van der Waals surface area contributed by atoms with Crippen molar-refractivity contribution in [3.63, 3.8) is 0 Å². The Bertz CT molecular complexity index is 666. The summed E-state index contributed by atoms with van der Waals surface area (Å²) in [7, 11) is 0. The molecule has 3 aromatic rings. The standard InChI is InChI=1S/C17H15ClO2/c1-11-3-9-15(19-11)17(16-10-4-12(2)20-16)13-5-7-14(18)8-6-13/h3-10,17H,1-2H3. The summed E-state index contributed by atoms with van der Waals surface area (Å²) >= 11 is 5.97. The van der Waals surface area contributed by atoms with Crippen LogP contribution in [0.3, 0.4) is 0 Å². The van der Waals surface area contributed by atoms with Gasteiger partial charge in [0.2, 0.25) is 0 Å². The Morgan fingerprint density at radius 3 is 1.65 bits per heavy atom. The monoisotopic (exact) mass is 286 g/mol. The first kappa shape index (κ1) is 13.1. The molecule has 102 valence electrons. The third-order valence-electron chi connectivity index (χ3n) is 3.29. The molecule has 0 fully saturated rings. The normalized spacial score (nSPS) is 11.2. The van der Waals surface area contributed by atoms with Gasteiger partial charge in [-0.3, -0.25) is 0 Å². The van der Waals surface area contributed by atoms with Crippen molar-refractivity contribution in [1.29, 1.82) is 0 Å². The molecule has 0 saturated heterocycles. The number of benzene rings is 1. The second kappa shape index (κ2) is 5.22. The summed E-state index contributed by atoms with van der Waals surface area (Å²) in [5.74, 6) is 3.48. The lowest BCUT2D eigenvalue weighted by molar-refractivity contribution is 0.428. The molecule has 2 heterocycles. The molecule has 3 rings (SSSR count). The first-order valence-corrected chi connectivity index (χ1v) is 6.89. The highest BCUT2D eigenvalue weighted by atomic mass is 35.5. The van der Waals surface area contributed by atoms with E-state index in [4.69, 9.17) is 20.4 Å². The molecular weight excluding hydrogens is 272 g/mol. The van der Waals surface area contributed by atoms with Crippen LogP contribution >= 0.6 is 11.6 Å². The Morgan fingerprint density at radius 1 is 0.750 bits per heavy atom. The molecule has 0 aliphatic rings. The largest absolute Gasteiger partial charge is 0.465 e. The van der Waals surface area contributed by atoms with E-state index >= 15 is 0 Å². The van der Waals surface area contributed by atoms with E-state index < -0.39 is 0 Å². The summed E-state index contributed by atoms with van der Waals surface area (Å²) in [4.78, 5) is 0. The van der Waals surface area contributed by atoms with Crippen LogP contribution in [0.4, 0.5) is 0 Å². The fraction of sp³-hybridized carbons (Fsp3) is 0.176. The lowest BCUT2D eigenvalue weighted by Crippen LogP contribution is -2.00. The molecule has 3 heteroatoms. The maximum Gasteiger partial charge on any atom is 0.119 e. The van der Waals surface area contributed by atoms with Crippen molar-refractivity contribution < 1.29 is 8.83 Å². The highest BCUT2D eigenvalue weighted by molar-refractivity contribution is 6.30. The Labute approximate surface area is 123 Å². The number of hydrogen-bond donors (Lipinski definition) is 0. The fourth-order valence-electron chi connectivity index (χ4n) is 2.34. The average molecular weight is 287 g/mol. The van der Waals surface area contributed by atoms with Gasteiger partial charge >= 0.3 is 0 Å². The lowest BCUT2D eigenvalue weighted by atomic mass is 9.94. The topological polar surface area (TPSA) is 26.3 Å². The second-order valence-electron chi connectivity index (χ2n) is 4.88. The highest BCUT2D eigenvalue weighted by Gasteiger charge is 2.23. The van der Waals surface area contributed by atoms with Gasteiger partial charge in [-0.25, -0.2) is 0 Å². The number of aryl methyl sites for hydroxylation is 2. The molecule has 0 radical (unpaired) electrons. The lowest BCUT2D eigenvalue weighted by Gasteiger charge is -2.13. The Morgan fingerprint density at radius 2 is 1.25 bits per heavy atom. The summed E-state index contributed by atoms with van der Waals surface area (Å²) in [6, 6.07) is 15.7.